The highest BCUT2D eigenvalue weighted by molar-refractivity contribution is 7.89. The van der Waals surface area contributed by atoms with E-state index in [9.17, 15) is 13.5 Å². The summed E-state index contributed by atoms with van der Waals surface area (Å²) < 4.78 is 39.5. The van der Waals surface area contributed by atoms with Crippen molar-refractivity contribution in [1.82, 2.24) is 4.31 Å². The van der Waals surface area contributed by atoms with E-state index in [4.69, 9.17) is 14.5 Å². The van der Waals surface area contributed by atoms with Crippen molar-refractivity contribution >= 4 is 15.7 Å². The molecule has 196 valence electrons. The summed E-state index contributed by atoms with van der Waals surface area (Å²) in [5.74, 6) is 1.42. The number of ether oxygens (including phenoxy) is 2. The second kappa shape index (κ2) is 11.3. The van der Waals surface area contributed by atoms with Gasteiger partial charge in [0.15, 0.2) is 11.5 Å². The minimum Gasteiger partial charge on any atom is -0.493 e. The van der Waals surface area contributed by atoms with Crippen LogP contribution in [0.1, 0.15) is 75.5 Å². The van der Waals surface area contributed by atoms with Crippen molar-refractivity contribution in [2.45, 2.75) is 75.8 Å². The second-order valence-electron chi connectivity index (χ2n) is 9.57. The Morgan fingerprint density at radius 3 is 2.33 bits per heavy atom. The van der Waals surface area contributed by atoms with Crippen LogP contribution < -0.4 is 9.47 Å². The van der Waals surface area contributed by atoms with E-state index in [-0.39, 0.29) is 18.1 Å². The summed E-state index contributed by atoms with van der Waals surface area (Å²) in [5.41, 5.74) is 3.73. The lowest BCUT2D eigenvalue weighted by Crippen LogP contribution is -2.34. The number of hydrogen-bond donors (Lipinski definition) is 1. The van der Waals surface area contributed by atoms with Crippen molar-refractivity contribution in [3.05, 3.63) is 53.1 Å². The van der Waals surface area contributed by atoms with Gasteiger partial charge in [0.25, 0.3) is 0 Å². The van der Waals surface area contributed by atoms with Crippen molar-refractivity contribution in [3.63, 3.8) is 0 Å². The van der Waals surface area contributed by atoms with Gasteiger partial charge >= 0.3 is 0 Å². The van der Waals surface area contributed by atoms with E-state index in [1.54, 1.807) is 23.5 Å². The van der Waals surface area contributed by atoms with Crippen molar-refractivity contribution < 1.29 is 23.0 Å². The summed E-state index contributed by atoms with van der Waals surface area (Å²) in [4.78, 5) is 5.43. The highest BCUT2D eigenvalue weighted by atomic mass is 32.2. The van der Waals surface area contributed by atoms with Crippen LogP contribution in [0.3, 0.4) is 0 Å². The number of aliphatic hydroxyl groups is 1. The quantitative estimate of drug-likeness (QED) is 0.494. The molecule has 0 radical (unpaired) electrons. The maximum absolute atomic E-state index is 13.2. The SMILES string of the molecule is CCCN(CCC)S(=O)(=O)c1ccc(C2=NC3CCC(O)CC3c3cc(OCC)c(OC)cc32)cc1. The number of hydrogen-bond acceptors (Lipinski definition) is 6. The van der Waals surface area contributed by atoms with Crippen LogP contribution >= 0.6 is 0 Å². The molecule has 3 atom stereocenters. The topological polar surface area (TPSA) is 88.4 Å². The Hall–Kier alpha value is -2.42. The Morgan fingerprint density at radius 2 is 1.72 bits per heavy atom. The van der Waals surface area contributed by atoms with Gasteiger partial charge in [-0.05, 0) is 68.9 Å². The maximum Gasteiger partial charge on any atom is 0.243 e. The summed E-state index contributed by atoms with van der Waals surface area (Å²) in [7, 11) is -1.93. The molecule has 2 aliphatic rings. The molecule has 7 nitrogen and oxygen atoms in total. The Bertz CT molecular complexity index is 1190. The molecule has 0 saturated heterocycles. The average molecular weight is 515 g/mol. The number of fused-ring (bicyclic) bond motifs is 3. The predicted octanol–water partition coefficient (Wildman–Crippen LogP) is 4.75. The molecule has 1 N–H and O–H groups in total. The van der Waals surface area contributed by atoms with Crippen molar-refractivity contribution in [1.29, 1.82) is 0 Å². The van der Waals surface area contributed by atoms with E-state index >= 15 is 0 Å². The standard InChI is InChI=1S/C28H38N2O5S/c1-5-14-30(15-6-2)36(32,33)21-11-8-19(9-12-21)28-24-18-26(34-4)27(35-7-3)17-22(24)23-16-20(31)10-13-25(23)29-28/h8-9,11-12,17-18,20,23,25,31H,5-7,10,13-16H2,1-4H3. The van der Waals surface area contributed by atoms with Crippen LogP contribution in [-0.2, 0) is 10.0 Å². The fourth-order valence-electron chi connectivity index (χ4n) is 5.39. The minimum atomic E-state index is -3.55. The average Bonchev–Trinajstić information content (AvgIpc) is 2.88. The first-order valence-corrected chi connectivity index (χ1v) is 14.5. The first kappa shape index (κ1) is 26.6. The van der Waals surface area contributed by atoms with Crippen LogP contribution in [0.4, 0.5) is 0 Å². The lowest BCUT2D eigenvalue weighted by molar-refractivity contribution is 0.111. The molecule has 1 aliphatic heterocycles. The van der Waals surface area contributed by atoms with Crippen LogP contribution in [0.2, 0.25) is 0 Å². The summed E-state index contributed by atoms with van der Waals surface area (Å²) in [6.07, 6.45) is 3.40. The molecule has 8 heteroatoms. The first-order chi connectivity index (χ1) is 17.3. The lowest BCUT2D eigenvalue weighted by Gasteiger charge is -2.37. The van der Waals surface area contributed by atoms with Crippen LogP contribution in [0.15, 0.2) is 46.3 Å². The molecule has 1 fully saturated rings. The third-order valence-electron chi connectivity index (χ3n) is 7.08. The molecule has 1 heterocycles. The van der Waals surface area contributed by atoms with Crippen molar-refractivity contribution in [2.24, 2.45) is 4.99 Å². The molecule has 0 amide bonds. The van der Waals surface area contributed by atoms with E-state index < -0.39 is 10.0 Å². The van der Waals surface area contributed by atoms with Crippen LogP contribution in [0, 0.1) is 0 Å². The Kier molecular flexibility index (Phi) is 8.37. The van der Waals surface area contributed by atoms with Gasteiger partial charge in [-0.2, -0.15) is 4.31 Å². The Morgan fingerprint density at radius 1 is 1.03 bits per heavy atom. The zero-order valence-electron chi connectivity index (χ0n) is 21.7. The van der Waals surface area contributed by atoms with Gasteiger partial charge in [-0.15, -0.1) is 0 Å². The molecule has 0 aromatic heterocycles. The number of methoxy groups -OCH3 is 1. The third-order valence-corrected chi connectivity index (χ3v) is 9.00. The van der Waals surface area contributed by atoms with Gasteiger partial charge in [-0.3, -0.25) is 4.99 Å². The maximum atomic E-state index is 13.2. The third kappa shape index (κ3) is 5.17. The van der Waals surface area contributed by atoms with E-state index in [1.165, 1.54) is 0 Å². The number of benzene rings is 2. The molecule has 3 unspecified atom stereocenters. The molecule has 0 spiro atoms. The molecule has 2 aromatic carbocycles. The Balaban J connectivity index is 1.76. The van der Waals surface area contributed by atoms with Gasteiger partial charge in [0.1, 0.15) is 0 Å². The molecule has 36 heavy (non-hydrogen) atoms. The van der Waals surface area contributed by atoms with Gasteiger partial charge in [0, 0.05) is 30.1 Å². The van der Waals surface area contributed by atoms with E-state index in [0.29, 0.717) is 42.5 Å². The molecular formula is C28H38N2O5S. The van der Waals surface area contributed by atoms with E-state index in [1.807, 2.05) is 45.0 Å². The van der Waals surface area contributed by atoms with Gasteiger partial charge in [-0.25, -0.2) is 8.42 Å². The Labute approximate surface area is 215 Å². The molecule has 2 aromatic rings. The van der Waals surface area contributed by atoms with E-state index in [2.05, 4.69) is 0 Å². The zero-order valence-corrected chi connectivity index (χ0v) is 22.6. The van der Waals surface area contributed by atoms with Crippen molar-refractivity contribution in [2.75, 3.05) is 26.8 Å². The normalized spacial score (nSPS) is 21.5. The zero-order chi connectivity index (χ0) is 25.9. The van der Waals surface area contributed by atoms with Crippen LogP contribution in [0.25, 0.3) is 0 Å². The largest absolute Gasteiger partial charge is 0.493 e. The smallest absolute Gasteiger partial charge is 0.243 e. The fraction of sp³-hybridized carbons (Fsp3) is 0.536. The first-order valence-electron chi connectivity index (χ1n) is 13.1. The number of rotatable bonds is 10. The number of sulfonamides is 1. The summed E-state index contributed by atoms with van der Waals surface area (Å²) in [6, 6.07) is 11.1. The summed E-state index contributed by atoms with van der Waals surface area (Å²) in [6.45, 7) is 7.46. The second-order valence-corrected chi connectivity index (χ2v) is 11.5. The summed E-state index contributed by atoms with van der Waals surface area (Å²) in [5, 5.41) is 10.4. The number of nitrogens with zero attached hydrogens (tertiary/aromatic N) is 2. The van der Waals surface area contributed by atoms with Crippen molar-refractivity contribution in [3.8, 4) is 11.5 Å². The molecule has 4 rings (SSSR count). The van der Waals surface area contributed by atoms with Crippen LogP contribution in [-0.4, -0.2) is 62.5 Å². The van der Waals surface area contributed by atoms with E-state index in [0.717, 1.165) is 48.1 Å². The predicted molar refractivity (Wildman–Crippen MR) is 142 cm³/mol. The number of aliphatic imine (C=N–C) groups is 1. The summed E-state index contributed by atoms with van der Waals surface area (Å²) >= 11 is 0. The minimum absolute atomic E-state index is 0.0618. The van der Waals surface area contributed by atoms with Gasteiger partial charge < -0.3 is 14.6 Å². The lowest BCUT2D eigenvalue weighted by atomic mass is 9.74. The molecule has 0 bridgehead atoms. The number of aliphatic hydroxyl groups excluding tert-OH is 1. The van der Waals surface area contributed by atoms with Crippen LogP contribution in [0.5, 0.6) is 11.5 Å². The molecule has 1 aliphatic carbocycles. The highest BCUT2D eigenvalue weighted by Gasteiger charge is 2.37. The highest BCUT2D eigenvalue weighted by Crippen LogP contribution is 2.45. The molecular weight excluding hydrogens is 476 g/mol. The fourth-order valence-corrected chi connectivity index (χ4v) is 7.01. The molecule has 1 saturated carbocycles. The monoisotopic (exact) mass is 514 g/mol. The van der Waals surface area contributed by atoms with Gasteiger partial charge in [-0.1, -0.05) is 26.0 Å². The van der Waals surface area contributed by atoms with Gasteiger partial charge in [0.05, 0.1) is 36.5 Å². The van der Waals surface area contributed by atoms with Gasteiger partial charge in [0.2, 0.25) is 10.0 Å².